The minimum atomic E-state index is -3.26. The predicted molar refractivity (Wildman–Crippen MR) is 114 cm³/mol. The lowest BCUT2D eigenvalue weighted by molar-refractivity contribution is 0.102. The maximum atomic E-state index is 12.5. The summed E-state index contributed by atoms with van der Waals surface area (Å²) in [7, 11) is -3.26. The van der Waals surface area contributed by atoms with E-state index in [0.29, 0.717) is 23.6 Å². The molecule has 1 amide bonds. The molecule has 5 nitrogen and oxygen atoms in total. The Morgan fingerprint density at radius 2 is 1.69 bits per heavy atom. The summed E-state index contributed by atoms with van der Waals surface area (Å²) in [5.41, 5.74) is 3.20. The molecule has 150 valence electrons. The van der Waals surface area contributed by atoms with E-state index in [-0.39, 0.29) is 16.6 Å². The van der Waals surface area contributed by atoms with Crippen LogP contribution in [0.15, 0.2) is 77.7 Å². The minimum Gasteiger partial charge on any atom is -0.489 e. The Labute approximate surface area is 171 Å². The molecule has 0 unspecified atom stereocenters. The molecule has 0 aromatic heterocycles. The zero-order valence-corrected chi connectivity index (χ0v) is 17.2. The van der Waals surface area contributed by atoms with Crippen LogP contribution in [0.25, 0.3) is 0 Å². The number of carbonyl (C=O) groups is 1. The van der Waals surface area contributed by atoms with Crippen molar-refractivity contribution in [2.75, 3.05) is 11.1 Å². The Hall–Kier alpha value is -3.12. The molecule has 0 atom stereocenters. The first-order valence-electron chi connectivity index (χ1n) is 9.30. The van der Waals surface area contributed by atoms with Crippen molar-refractivity contribution in [3.05, 3.63) is 89.5 Å². The minimum absolute atomic E-state index is 0.0358. The van der Waals surface area contributed by atoms with Gasteiger partial charge in [-0.05, 0) is 55.0 Å². The molecule has 0 spiro atoms. The first-order valence-corrected chi connectivity index (χ1v) is 11.0. The van der Waals surface area contributed by atoms with Gasteiger partial charge in [0.15, 0.2) is 9.84 Å². The normalized spacial score (nSPS) is 11.1. The van der Waals surface area contributed by atoms with Gasteiger partial charge in [-0.2, -0.15) is 0 Å². The first kappa shape index (κ1) is 20.6. The van der Waals surface area contributed by atoms with E-state index >= 15 is 0 Å². The highest BCUT2D eigenvalue weighted by Gasteiger charge is 2.12. The highest BCUT2D eigenvalue weighted by atomic mass is 32.2. The van der Waals surface area contributed by atoms with Gasteiger partial charge in [0.25, 0.3) is 5.91 Å². The lowest BCUT2D eigenvalue weighted by Crippen LogP contribution is -2.12. The molecule has 0 saturated carbocycles. The molecule has 29 heavy (non-hydrogen) atoms. The standard InChI is InChI=1S/C23H23NO4S/c1-3-29(26,27)22-12-10-20(11-13-22)24-23(25)19-8-5-9-21(15-19)28-16-18-7-4-6-17(2)14-18/h4-15H,3,16H2,1-2H3,(H,24,25). The molecule has 3 rings (SSSR count). The number of rotatable bonds is 7. The van der Waals surface area contributed by atoms with E-state index in [1.165, 1.54) is 12.1 Å². The molecular formula is C23H23NO4S. The third-order valence-electron chi connectivity index (χ3n) is 4.44. The number of anilines is 1. The summed E-state index contributed by atoms with van der Waals surface area (Å²) in [6.07, 6.45) is 0. The summed E-state index contributed by atoms with van der Waals surface area (Å²) in [6.45, 7) is 4.04. The topological polar surface area (TPSA) is 72.5 Å². The van der Waals surface area contributed by atoms with Crippen LogP contribution in [0.3, 0.4) is 0 Å². The smallest absolute Gasteiger partial charge is 0.255 e. The van der Waals surface area contributed by atoms with Crippen LogP contribution in [0.5, 0.6) is 5.75 Å². The molecule has 0 saturated heterocycles. The molecule has 0 aliphatic rings. The fourth-order valence-corrected chi connectivity index (χ4v) is 3.70. The number of amides is 1. The largest absolute Gasteiger partial charge is 0.489 e. The molecule has 0 fully saturated rings. The molecule has 0 aliphatic carbocycles. The third-order valence-corrected chi connectivity index (χ3v) is 6.19. The van der Waals surface area contributed by atoms with E-state index in [0.717, 1.165) is 11.1 Å². The number of hydrogen-bond donors (Lipinski definition) is 1. The molecule has 6 heteroatoms. The molecule has 3 aromatic carbocycles. The molecule has 0 bridgehead atoms. The van der Waals surface area contributed by atoms with Crippen molar-refractivity contribution in [1.82, 2.24) is 0 Å². The van der Waals surface area contributed by atoms with E-state index < -0.39 is 9.84 Å². The van der Waals surface area contributed by atoms with Crippen LogP contribution in [-0.4, -0.2) is 20.1 Å². The Balaban J connectivity index is 1.66. The van der Waals surface area contributed by atoms with Gasteiger partial charge < -0.3 is 10.1 Å². The Bertz CT molecular complexity index is 1110. The number of aryl methyl sites for hydroxylation is 1. The number of ether oxygens (including phenoxy) is 1. The van der Waals surface area contributed by atoms with Crippen molar-refractivity contribution in [3.63, 3.8) is 0 Å². The van der Waals surface area contributed by atoms with Gasteiger partial charge in [0.1, 0.15) is 12.4 Å². The second kappa shape index (κ2) is 8.92. The Kier molecular flexibility index (Phi) is 6.34. The maximum Gasteiger partial charge on any atom is 0.255 e. The van der Waals surface area contributed by atoms with Crippen LogP contribution in [0.4, 0.5) is 5.69 Å². The van der Waals surface area contributed by atoms with Gasteiger partial charge in [-0.25, -0.2) is 8.42 Å². The van der Waals surface area contributed by atoms with Gasteiger partial charge in [-0.1, -0.05) is 42.8 Å². The third kappa shape index (κ3) is 5.45. The van der Waals surface area contributed by atoms with Crippen LogP contribution in [-0.2, 0) is 16.4 Å². The van der Waals surface area contributed by atoms with E-state index in [4.69, 9.17) is 4.74 Å². The zero-order valence-electron chi connectivity index (χ0n) is 16.4. The lowest BCUT2D eigenvalue weighted by Gasteiger charge is -2.10. The fraction of sp³-hybridized carbons (Fsp3) is 0.174. The number of hydrogen-bond acceptors (Lipinski definition) is 4. The average Bonchev–Trinajstić information content (AvgIpc) is 2.73. The van der Waals surface area contributed by atoms with Crippen molar-refractivity contribution in [3.8, 4) is 5.75 Å². The SMILES string of the molecule is CCS(=O)(=O)c1ccc(NC(=O)c2cccc(OCc3cccc(C)c3)c2)cc1. The second-order valence-electron chi connectivity index (χ2n) is 6.69. The van der Waals surface area contributed by atoms with E-state index in [9.17, 15) is 13.2 Å². The quantitative estimate of drug-likeness (QED) is 0.618. The van der Waals surface area contributed by atoms with Gasteiger partial charge in [-0.3, -0.25) is 4.79 Å². The van der Waals surface area contributed by atoms with E-state index in [1.54, 1.807) is 43.3 Å². The Morgan fingerprint density at radius 3 is 2.38 bits per heavy atom. The summed E-state index contributed by atoms with van der Waals surface area (Å²) in [4.78, 5) is 12.8. The first-order chi connectivity index (χ1) is 13.9. The summed E-state index contributed by atoms with van der Waals surface area (Å²) in [6, 6.07) is 21.2. The van der Waals surface area contributed by atoms with Crippen molar-refractivity contribution in [1.29, 1.82) is 0 Å². The van der Waals surface area contributed by atoms with Crippen LogP contribution >= 0.6 is 0 Å². The summed E-state index contributed by atoms with van der Waals surface area (Å²) >= 11 is 0. The van der Waals surface area contributed by atoms with Crippen molar-refractivity contribution < 1.29 is 17.9 Å². The highest BCUT2D eigenvalue weighted by molar-refractivity contribution is 7.91. The highest BCUT2D eigenvalue weighted by Crippen LogP contribution is 2.19. The predicted octanol–water partition coefficient (Wildman–Crippen LogP) is 4.62. The van der Waals surface area contributed by atoms with Crippen LogP contribution in [0.2, 0.25) is 0 Å². The van der Waals surface area contributed by atoms with Crippen LogP contribution in [0, 0.1) is 6.92 Å². The lowest BCUT2D eigenvalue weighted by atomic mass is 10.1. The number of nitrogens with one attached hydrogen (secondary N) is 1. The van der Waals surface area contributed by atoms with Gasteiger partial charge in [0.05, 0.1) is 10.6 Å². The van der Waals surface area contributed by atoms with Gasteiger partial charge in [0, 0.05) is 11.3 Å². The monoisotopic (exact) mass is 409 g/mol. The van der Waals surface area contributed by atoms with E-state index in [2.05, 4.69) is 11.4 Å². The zero-order chi connectivity index (χ0) is 20.9. The number of carbonyl (C=O) groups excluding carboxylic acids is 1. The molecule has 0 aliphatic heterocycles. The molecule has 1 N–H and O–H groups in total. The van der Waals surface area contributed by atoms with Crippen molar-refractivity contribution in [2.24, 2.45) is 0 Å². The fourth-order valence-electron chi connectivity index (χ4n) is 2.81. The van der Waals surface area contributed by atoms with Gasteiger partial charge in [0.2, 0.25) is 0 Å². The van der Waals surface area contributed by atoms with Gasteiger partial charge in [-0.15, -0.1) is 0 Å². The summed E-state index contributed by atoms with van der Waals surface area (Å²) in [5.74, 6) is 0.342. The van der Waals surface area contributed by atoms with E-state index in [1.807, 2.05) is 25.1 Å². The maximum absolute atomic E-state index is 12.5. The second-order valence-corrected chi connectivity index (χ2v) is 8.97. The van der Waals surface area contributed by atoms with Crippen molar-refractivity contribution in [2.45, 2.75) is 25.3 Å². The molecule has 3 aromatic rings. The van der Waals surface area contributed by atoms with Crippen LogP contribution < -0.4 is 10.1 Å². The molecule has 0 heterocycles. The van der Waals surface area contributed by atoms with Crippen LogP contribution in [0.1, 0.15) is 28.4 Å². The number of benzene rings is 3. The van der Waals surface area contributed by atoms with Gasteiger partial charge >= 0.3 is 0 Å². The molecular weight excluding hydrogens is 386 g/mol. The number of sulfone groups is 1. The summed E-state index contributed by atoms with van der Waals surface area (Å²) in [5, 5.41) is 2.77. The average molecular weight is 410 g/mol. The summed E-state index contributed by atoms with van der Waals surface area (Å²) < 4.78 is 29.6. The Morgan fingerprint density at radius 1 is 0.966 bits per heavy atom. The molecule has 0 radical (unpaired) electrons. The van der Waals surface area contributed by atoms with Crippen molar-refractivity contribution >= 4 is 21.4 Å².